The number of hydrogen-bond donors (Lipinski definition) is 0. The number of fused-ring (bicyclic) bond motifs is 1. The maximum atomic E-state index is 10.9. The molecule has 2 unspecified atom stereocenters. The van der Waals surface area contributed by atoms with Gasteiger partial charge in [-0.1, -0.05) is 31.1 Å². The van der Waals surface area contributed by atoms with Gasteiger partial charge < -0.3 is 4.74 Å². The Balaban J connectivity index is 2.15. The number of carbonyl (C=O) groups excluding carboxylic acids is 1. The minimum Gasteiger partial charge on any atom is -0.461 e. The molecule has 106 valence electrons. The molecular formula is C17H26O2. The van der Waals surface area contributed by atoms with Crippen molar-refractivity contribution in [3.8, 4) is 0 Å². The van der Waals surface area contributed by atoms with Crippen LogP contribution >= 0.6 is 0 Å². The SMILES string of the molecule is CC(=O)OC/C(C)=C1\CCC2=CCCC(C)C2(C)C1. The molecule has 0 bridgehead atoms. The number of esters is 1. The fraction of sp³-hybridized carbons (Fsp3) is 0.706. The van der Waals surface area contributed by atoms with Gasteiger partial charge >= 0.3 is 5.97 Å². The molecule has 2 aliphatic rings. The van der Waals surface area contributed by atoms with Gasteiger partial charge in [0.2, 0.25) is 0 Å². The Morgan fingerprint density at radius 2 is 2.16 bits per heavy atom. The summed E-state index contributed by atoms with van der Waals surface area (Å²) in [6, 6.07) is 0. The summed E-state index contributed by atoms with van der Waals surface area (Å²) >= 11 is 0. The van der Waals surface area contributed by atoms with E-state index in [2.05, 4.69) is 26.8 Å². The number of hydrogen-bond acceptors (Lipinski definition) is 2. The van der Waals surface area contributed by atoms with Crippen LogP contribution < -0.4 is 0 Å². The zero-order valence-corrected chi connectivity index (χ0v) is 12.7. The third-order valence-electron chi connectivity index (χ3n) is 5.18. The molecule has 1 fully saturated rings. The summed E-state index contributed by atoms with van der Waals surface area (Å²) in [7, 11) is 0. The second kappa shape index (κ2) is 5.52. The summed E-state index contributed by atoms with van der Waals surface area (Å²) in [4.78, 5) is 10.9. The van der Waals surface area contributed by atoms with Crippen LogP contribution in [0.15, 0.2) is 22.8 Å². The van der Waals surface area contributed by atoms with Crippen molar-refractivity contribution in [2.45, 2.75) is 59.8 Å². The fourth-order valence-corrected chi connectivity index (χ4v) is 3.54. The second-order valence-corrected chi connectivity index (χ2v) is 6.47. The van der Waals surface area contributed by atoms with Gasteiger partial charge in [0.15, 0.2) is 0 Å². The first-order chi connectivity index (χ1) is 8.93. The van der Waals surface area contributed by atoms with Crippen LogP contribution in [-0.2, 0) is 9.53 Å². The molecule has 0 radical (unpaired) electrons. The van der Waals surface area contributed by atoms with E-state index in [1.165, 1.54) is 37.3 Å². The Hall–Kier alpha value is -1.05. The molecule has 19 heavy (non-hydrogen) atoms. The Bertz CT molecular complexity index is 431. The van der Waals surface area contributed by atoms with Crippen LogP contribution in [0.5, 0.6) is 0 Å². The quantitative estimate of drug-likeness (QED) is 0.544. The molecule has 0 aromatic heterocycles. The van der Waals surface area contributed by atoms with E-state index in [0.717, 1.165) is 18.8 Å². The molecule has 2 heteroatoms. The van der Waals surface area contributed by atoms with Crippen molar-refractivity contribution in [3.63, 3.8) is 0 Å². The van der Waals surface area contributed by atoms with Crippen molar-refractivity contribution in [2.24, 2.45) is 11.3 Å². The van der Waals surface area contributed by atoms with Crippen LogP contribution in [0, 0.1) is 11.3 Å². The van der Waals surface area contributed by atoms with E-state index in [1.807, 2.05) is 0 Å². The first-order valence-electron chi connectivity index (χ1n) is 7.44. The summed E-state index contributed by atoms with van der Waals surface area (Å²) in [5.41, 5.74) is 4.77. The van der Waals surface area contributed by atoms with Gasteiger partial charge in [-0.05, 0) is 55.9 Å². The molecule has 0 aliphatic heterocycles. The predicted octanol–water partition coefficient (Wildman–Crippen LogP) is 4.41. The van der Waals surface area contributed by atoms with Crippen molar-refractivity contribution in [1.82, 2.24) is 0 Å². The van der Waals surface area contributed by atoms with E-state index in [-0.39, 0.29) is 5.97 Å². The van der Waals surface area contributed by atoms with Gasteiger partial charge in [0, 0.05) is 6.92 Å². The van der Waals surface area contributed by atoms with E-state index in [1.54, 1.807) is 5.57 Å². The van der Waals surface area contributed by atoms with E-state index in [0.29, 0.717) is 12.0 Å². The minimum atomic E-state index is -0.186. The van der Waals surface area contributed by atoms with Gasteiger partial charge in [-0.2, -0.15) is 0 Å². The van der Waals surface area contributed by atoms with Crippen molar-refractivity contribution in [1.29, 1.82) is 0 Å². The maximum Gasteiger partial charge on any atom is 0.302 e. The summed E-state index contributed by atoms with van der Waals surface area (Å²) in [6.07, 6.45) is 8.49. The monoisotopic (exact) mass is 262 g/mol. The highest BCUT2D eigenvalue weighted by Gasteiger charge is 2.40. The van der Waals surface area contributed by atoms with Gasteiger partial charge in [0.1, 0.15) is 6.61 Å². The Kier molecular flexibility index (Phi) is 4.17. The number of ether oxygens (including phenoxy) is 1. The Labute approximate surface area is 116 Å². The zero-order chi connectivity index (χ0) is 14.0. The number of allylic oxidation sites excluding steroid dienone is 3. The minimum absolute atomic E-state index is 0.186. The summed E-state index contributed by atoms with van der Waals surface area (Å²) in [6.45, 7) is 8.86. The molecular weight excluding hydrogens is 236 g/mol. The molecule has 2 atom stereocenters. The van der Waals surface area contributed by atoms with Crippen LogP contribution in [0.1, 0.15) is 59.8 Å². The molecule has 2 nitrogen and oxygen atoms in total. The number of carbonyl (C=O) groups is 1. The van der Waals surface area contributed by atoms with Gasteiger partial charge in [0.25, 0.3) is 0 Å². The number of rotatable bonds is 2. The van der Waals surface area contributed by atoms with E-state index >= 15 is 0 Å². The third kappa shape index (κ3) is 2.93. The van der Waals surface area contributed by atoms with E-state index in [9.17, 15) is 4.79 Å². The second-order valence-electron chi connectivity index (χ2n) is 6.47. The van der Waals surface area contributed by atoms with Gasteiger partial charge in [-0.15, -0.1) is 0 Å². The molecule has 0 heterocycles. The lowest BCUT2D eigenvalue weighted by molar-refractivity contribution is -0.139. The largest absolute Gasteiger partial charge is 0.461 e. The molecule has 2 rings (SSSR count). The molecule has 0 spiro atoms. The van der Waals surface area contributed by atoms with E-state index < -0.39 is 0 Å². The van der Waals surface area contributed by atoms with Crippen molar-refractivity contribution >= 4 is 5.97 Å². The molecule has 0 N–H and O–H groups in total. The van der Waals surface area contributed by atoms with Crippen LogP contribution in [0.4, 0.5) is 0 Å². The zero-order valence-electron chi connectivity index (χ0n) is 12.7. The highest BCUT2D eigenvalue weighted by atomic mass is 16.5. The van der Waals surface area contributed by atoms with Crippen molar-refractivity contribution in [3.05, 3.63) is 22.8 Å². The Morgan fingerprint density at radius 1 is 1.42 bits per heavy atom. The lowest BCUT2D eigenvalue weighted by atomic mass is 9.59. The predicted molar refractivity (Wildman–Crippen MR) is 77.8 cm³/mol. The highest BCUT2D eigenvalue weighted by Crippen LogP contribution is 2.52. The van der Waals surface area contributed by atoms with Gasteiger partial charge in [-0.3, -0.25) is 4.79 Å². The average molecular weight is 262 g/mol. The molecule has 2 aliphatic carbocycles. The normalized spacial score (nSPS) is 33.3. The van der Waals surface area contributed by atoms with Crippen LogP contribution in [0.25, 0.3) is 0 Å². The smallest absolute Gasteiger partial charge is 0.302 e. The van der Waals surface area contributed by atoms with E-state index in [4.69, 9.17) is 4.74 Å². The fourth-order valence-electron chi connectivity index (χ4n) is 3.54. The average Bonchev–Trinajstić information content (AvgIpc) is 2.36. The lowest BCUT2D eigenvalue weighted by Crippen LogP contribution is -2.34. The topological polar surface area (TPSA) is 26.3 Å². The van der Waals surface area contributed by atoms with Crippen LogP contribution in [-0.4, -0.2) is 12.6 Å². The summed E-state index contributed by atoms with van der Waals surface area (Å²) < 4.78 is 5.14. The Morgan fingerprint density at radius 3 is 2.84 bits per heavy atom. The highest BCUT2D eigenvalue weighted by molar-refractivity contribution is 5.66. The molecule has 0 saturated heterocycles. The van der Waals surface area contributed by atoms with Crippen molar-refractivity contribution in [2.75, 3.05) is 6.61 Å². The molecule has 1 saturated carbocycles. The molecule has 0 amide bonds. The van der Waals surface area contributed by atoms with Gasteiger partial charge in [0.05, 0.1) is 0 Å². The summed E-state index contributed by atoms with van der Waals surface area (Å²) in [5.74, 6) is 0.568. The third-order valence-corrected chi connectivity index (χ3v) is 5.18. The maximum absolute atomic E-state index is 10.9. The van der Waals surface area contributed by atoms with Gasteiger partial charge in [-0.25, -0.2) is 0 Å². The summed E-state index contributed by atoms with van der Waals surface area (Å²) in [5, 5.41) is 0. The lowest BCUT2D eigenvalue weighted by Gasteiger charge is -2.45. The first kappa shape index (κ1) is 14.4. The first-order valence-corrected chi connectivity index (χ1v) is 7.44. The van der Waals surface area contributed by atoms with Crippen LogP contribution in [0.2, 0.25) is 0 Å². The molecule has 0 aromatic carbocycles. The van der Waals surface area contributed by atoms with Crippen LogP contribution in [0.3, 0.4) is 0 Å². The van der Waals surface area contributed by atoms with Crippen molar-refractivity contribution < 1.29 is 9.53 Å². The standard InChI is InChI=1S/C17H26O2/c1-12(11-19-14(3)18)15-8-9-16-7-5-6-13(2)17(16,4)10-15/h7,13H,5-6,8-11H2,1-4H3/b15-12+. The molecule has 0 aromatic rings.